The summed E-state index contributed by atoms with van der Waals surface area (Å²) in [5.41, 5.74) is 4.68. The largest absolute Gasteiger partial charge is 0.481 e. The second-order valence-electron chi connectivity index (χ2n) is 10.0. The molecule has 0 radical (unpaired) electrons. The Hall–Kier alpha value is -3.35. The van der Waals surface area contributed by atoms with E-state index in [1.807, 2.05) is 24.3 Å². The molecular formula is C28H32N2O5. The number of fused-ring (bicyclic) bond motifs is 3. The summed E-state index contributed by atoms with van der Waals surface area (Å²) in [4.78, 5) is 36.8. The van der Waals surface area contributed by atoms with Gasteiger partial charge in [0, 0.05) is 18.5 Å². The fourth-order valence-electron chi connectivity index (χ4n) is 5.72. The van der Waals surface area contributed by atoms with E-state index in [0.29, 0.717) is 19.4 Å². The van der Waals surface area contributed by atoms with Crippen molar-refractivity contribution in [1.82, 2.24) is 10.6 Å². The normalized spacial score (nSPS) is 25.0. The molecule has 0 unspecified atom stereocenters. The number of amides is 2. The van der Waals surface area contributed by atoms with Crippen molar-refractivity contribution in [2.75, 3.05) is 13.2 Å². The molecule has 3 aliphatic rings. The van der Waals surface area contributed by atoms with E-state index in [1.54, 1.807) is 0 Å². The Balaban J connectivity index is 1.19. The van der Waals surface area contributed by atoms with Crippen LogP contribution in [0.3, 0.4) is 0 Å². The van der Waals surface area contributed by atoms with E-state index < -0.39 is 12.1 Å². The van der Waals surface area contributed by atoms with Gasteiger partial charge in [-0.05, 0) is 47.4 Å². The number of hydrogen-bond donors (Lipinski definition) is 3. The van der Waals surface area contributed by atoms with E-state index in [1.165, 1.54) is 11.1 Å². The first kappa shape index (κ1) is 23.4. The summed E-state index contributed by atoms with van der Waals surface area (Å²) in [5, 5.41) is 15.0. The van der Waals surface area contributed by atoms with Crippen LogP contribution < -0.4 is 10.6 Å². The SMILES string of the molecule is O=C(N[C@@H]1CCCCC[C@@H]1C(=O)NC[C@@H]1C[C@@H]1C(=O)O)OCC1c2ccccc2-c2ccccc21. The monoisotopic (exact) mass is 476 g/mol. The van der Waals surface area contributed by atoms with Gasteiger partial charge < -0.3 is 20.5 Å². The van der Waals surface area contributed by atoms with Crippen LogP contribution >= 0.6 is 0 Å². The molecule has 3 N–H and O–H groups in total. The fraction of sp³-hybridized carbons (Fsp3) is 0.464. The third kappa shape index (κ3) is 5.04. The molecule has 2 aromatic rings. The maximum absolute atomic E-state index is 12.9. The summed E-state index contributed by atoms with van der Waals surface area (Å²) < 4.78 is 5.71. The lowest BCUT2D eigenvalue weighted by Crippen LogP contribution is -2.47. The quantitative estimate of drug-likeness (QED) is 0.517. The Morgan fingerprint density at radius 3 is 2.20 bits per heavy atom. The first-order chi connectivity index (χ1) is 17.0. The van der Waals surface area contributed by atoms with Gasteiger partial charge in [-0.2, -0.15) is 0 Å². The van der Waals surface area contributed by atoms with Crippen molar-refractivity contribution in [3.63, 3.8) is 0 Å². The van der Waals surface area contributed by atoms with E-state index in [4.69, 9.17) is 9.84 Å². The van der Waals surface area contributed by atoms with Crippen LogP contribution in [0.1, 0.15) is 55.6 Å². The number of nitrogens with one attached hydrogen (secondary N) is 2. The molecule has 3 aliphatic carbocycles. The molecule has 4 atom stereocenters. The Labute approximate surface area is 205 Å². The molecule has 0 spiro atoms. The Bertz CT molecular complexity index is 1070. The molecule has 0 aromatic heterocycles. The molecule has 7 heteroatoms. The summed E-state index contributed by atoms with van der Waals surface area (Å²) in [6.07, 6.45) is 4.45. The molecule has 184 valence electrons. The second-order valence-corrected chi connectivity index (χ2v) is 10.0. The standard InChI is InChI=1S/C28H32N2O5/c31-26(29-15-17-14-23(17)27(32)33)22-12-2-1-3-13-25(22)30-28(34)35-16-24-20-10-6-4-8-18(20)19-9-5-7-11-21(19)24/h4-11,17,22-25H,1-3,12-16H2,(H,29,31)(H,30,34)(H,32,33)/t17-,22-,23-,25+/m0/s1. The van der Waals surface area contributed by atoms with E-state index in [-0.39, 0.29) is 42.2 Å². The number of rotatable bonds is 7. The Morgan fingerprint density at radius 1 is 0.886 bits per heavy atom. The van der Waals surface area contributed by atoms with Gasteiger partial charge in [-0.25, -0.2) is 4.79 Å². The number of benzene rings is 2. The number of alkyl carbamates (subject to hydrolysis) is 1. The summed E-state index contributed by atoms with van der Waals surface area (Å²) in [6, 6.07) is 16.1. The highest BCUT2D eigenvalue weighted by Crippen LogP contribution is 2.44. The van der Waals surface area contributed by atoms with Crippen molar-refractivity contribution in [3.8, 4) is 11.1 Å². The number of carboxylic acids is 1. The highest BCUT2D eigenvalue weighted by molar-refractivity contribution is 5.81. The maximum Gasteiger partial charge on any atom is 0.407 e. The molecule has 0 bridgehead atoms. The van der Waals surface area contributed by atoms with E-state index in [9.17, 15) is 14.4 Å². The minimum Gasteiger partial charge on any atom is -0.481 e. The first-order valence-electron chi connectivity index (χ1n) is 12.6. The summed E-state index contributed by atoms with van der Waals surface area (Å²) in [5.74, 6) is -1.59. The van der Waals surface area contributed by atoms with Crippen LogP contribution in [0.5, 0.6) is 0 Å². The van der Waals surface area contributed by atoms with Crippen LogP contribution in [-0.4, -0.2) is 42.3 Å². The van der Waals surface area contributed by atoms with Gasteiger partial charge in [-0.1, -0.05) is 67.8 Å². The highest BCUT2D eigenvalue weighted by Gasteiger charge is 2.43. The van der Waals surface area contributed by atoms with E-state index in [0.717, 1.165) is 36.8 Å². The lowest BCUT2D eigenvalue weighted by Gasteiger charge is -2.25. The van der Waals surface area contributed by atoms with Gasteiger partial charge in [-0.3, -0.25) is 9.59 Å². The number of aliphatic carboxylic acids is 1. The smallest absolute Gasteiger partial charge is 0.407 e. The third-order valence-electron chi connectivity index (χ3n) is 7.78. The number of carboxylic acid groups (broad SMARTS) is 1. The van der Waals surface area contributed by atoms with Crippen molar-refractivity contribution in [2.24, 2.45) is 17.8 Å². The Kier molecular flexibility index (Phi) is 6.75. The number of ether oxygens (including phenoxy) is 1. The van der Waals surface area contributed by atoms with Crippen molar-refractivity contribution < 1.29 is 24.2 Å². The average Bonchev–Trinajstić information content (AvgIpc) is 3.62. The van der Waals surface area contributed by atoms with Gasteiger partial charge >= 0.3 is 12.1 Å². The molecular weight excluding hydrogens is 444 g/mol. The first-order valence-corrected chi connectivity index (χ1v) is 12.6. The predicted molar refractivity (Wildman–Crippen MR) is 131 cm³/mol. The molecule has 0 heterocycles. The molecule has 2 fully saturated rings. The summed E-state index contributed by atoms with van der Waals surface area (Å²) in [7, 11) is 0. The minimum atomic E-state index is -0.798. The number of carbonyl (C=O) groups is 3. The van der Waals surface area contributed by atoms with Crippen molar-refractivity contribution in [3.05, 3.63) is 59.7 Å². The molecule has 35 heavy (non-hydrogen) atoms. The zero-order valence-corrected chi connectivity index (χ0v) is 19.7. The number of hydrogen-bond acceptors (Lipinski definition) is 4. The molecule has 7 nitrogen and oxygen atoms in total. The lowest BCUT2D eigenvalue weighted by atomic mass is 9.93. The molecule has 2 amide bonds. The minimum absolute atomic E-state index is 0.00997. The zero-order valence-electron chi connectivity index (χ0n) is 19.7. The molecule has 0 saturated heterocycles. The molecule has 0 aliphatic heterocycles. The molecule has 2 aromatic carbocycles. The van der Waals surface area contributed by atoms with Gasteiger partial charge in [0.2, 0.25) is 5.91 Å². The van der Waals surface area contributed by atoms with Gasteiger partial charge in [0.15, 0.2) is 0 Å². The van der Waals surface area contributed by atoms with Crippen LogP contribution in [0.2, 0.25) is 0 Å². The van der Waals surface area contributed by atoms with Crippen LogP contribution in [0.4, 0.5) is 4.79 Å². The van der Waals surface area contributed by atoms with Crippen LogP contribution in [-0.2, 0) is 14.3 Å². The summed E-state index contributed by atoms with van der Waals surface area (Å²) in [6.45, 7) is 0.617. The van der Waals surface area contributed by atoms with Gasteiger partial charge in [-0.15, -0.1) is 0 Å². The highest BCUT2D eigenvalue weighted by atomic mass is 16.5. The Morgan fingerprint density at radius 2 is 1.54 bits per heavy atom. The third-order valence-corrected chi connectivity index (χ3v) is 7.78. The van der Waals surface area contributed by atoms with Crippen molar-refractivity contribution in [2.45, 2.75) is 50.5 Å². The molecule has 5 rings (SSSR count). The van der Waals surface area contributed by atoms with Gasteiger partial charge in [0.25, 0.3) is 0 Å². The van der Waals surface area contributed by atoms with E-state index in [2.05, 4.69) is 34.9 Å². The number of carbonyl (C=O) groups excluding carboxylic acids is 2. The lowest BCUT2D eigenvalue weighted by molar-refractivity contribution is -0.139. The van der Waals surface area contributed by atoms with E-state index >= 15 is 0 Å². The second kappa shape index (κ2) is 10.1. The van der Waals surface area contributed by atoms with Crippen LogP contribution in [0.15, 0.2) is 48.5 Å². The average molecular weight is 477 g/mol. The predicted octanol–water partition coefficient (Wildman–Crippen LogP) is 4.31. The summed E-state index contributed by atoms with van der Waals surface area (Å²) >= 11 is 0. The molecule has 2 saturated carbocycles. The van der Waals surface area contributed by atoms with Gasteiger partial charge in [0.1, 0.15) is 6.61 Å². The maximum atomic E-state index is 12.9. The van der Waals surface area contributed by atoms with Crippen molar-refractivity contribution >= 4 is 18.0 Å². The van der Waals surface area contributed by atoms with Crippen molar-refractivity contribution in [1.29, 1.82) is 0 Å². The fourth-order valence-corrected chi connectivity index (χ4v) is 5.72. The topological polar surface area (TPSA) is 105 Å². The van der Waals surface area contributed by atoms with Crippen LogP contribution in [0, 0.1) is 17.8 Å². The van der Waals surface area contributed by atoms with Crippen LogP contribution in [0.25, 0.3) is 11.1 Å². The van der Waals surface area contributed by atoms with Gasteiger partial charge in [0.05, 0.1) is 11.8 Å². The zero-order chi connectivity index (χ0) is 24.4.